The minimum Gasteiger partial charge on any atom is -0.482 e. The van der Waals surface area contributed by atoms with Crippen LogP contribution in [-0.2, 0) is 0 Å². The second-order valence-electron chi connectivity index (χ2n) is 4.35. The van der Waals surface area contributed by atoms with E-state index in [1.54, 1.807) is 0 Å². The van der Waals surface area contributed by atoms with Gasteiger partial charge in [0.2, 0.25) is 0 Å². The number of thioether (sulfide) groups is 2. The molecule has 3 heteroatoms. The van der Waals surface area contributed by atoms with Gasteiger partial charge < -0.3 is 4.74 Å². The number of hydrogen-bond donors (Lipinski definition) is 0. The first-order valence-electron chi connectivity index (χ1n) is 6.42. The monoisotopic (exact) mass is 288 g/mol. The van der Waals surface area contributed by atoms with Crippen LogP contribution in [0.3, 0.4) is 0 Å². The highest BCUT2D eigenvalue weighted by Crippen LogP contribution is 2.32. The zero-order chi connectivity index (χ0) is 12.9. The maximum atomic E-state index is 6.04. The SMILES string of the molecule is C1=C\c2ccc3ccccc3c2OCSCCSC/1. The lowest BCUT2D eigenvalue weighted by Gasteiger charge is -2.12. The van der Waals surface area contributed by atoms with Crippen molar-refractivity contribution >= 4 is 40.4 Å². The Morgan fingerprint density at radius 3 is 2.84 bits per heavy atom. The van der Waals surface area contributed by atoms with Crippen LogP contribution in [0.2, 0.25) is 0 Å². The molecule has 0 radical (unpaired) electrons. The van der Waals surface area contributed by atoms with Crippen LogP contribution in [0, 0.1) is 0 Å². The van der Waals surface area contributed by atoms with Crippen molar-refractivity contribution in [2.45, 2.75) is 0 Å². The van der Waals surface area contributed by atoms with Gasteiger partial charge in [0.25, 0.3) is 0 Å². The summed E-state index contributed by atoms with van der Waals surface area (Å²) in [6, 6.07) is 12.7. The zero-order valence-electron chi connectivity index (χ0n) is 10.7. The lowest BCUT2D eigenvalue weighted by Crippen LogP contribution is -1.97. The van der Waals surface area contributed by atoms with Gasteiger partial charge in [-0.2, -0.15) is 11.8 Å². The first-order chi connectivity index (χ1) is 9.45. The smallest absolute Gasteiger partial charge is 0.135 e. The highest BCUT2D eigenvalue weighted by atomic mass is 32.2. The molecular formula is C16H16OS2. The summed E-state index contributed by atoms with van der Waals surface area (Å²) in [5, 5.41) is 2.45. The molecule has 2 aromatic carbocycles. The van der Waals surface area contributed by atoms with Crippen molar-refractivity contribution in [2.75, 3.05) is 23.2 Å². The minimum absolute atomic E-state index is 0.732. The summed E-state index contributed by atoms with van der Waals surface area (Å²) in [5.74, 6) is 5.17. The highest BCUT2D eigenvalue weighted by molar-refractivity contribution is 8.02. The number of benzene rings is 2. The standard InChI is InChI=1S/C16H16OS2/c1-2-6-15-13(4-1)7-8-14-5-3-9-18-10-11-19-12-17-16(14)15/h1-8H,9-12H2/b5-3-. The van der Waals surface area contributed by atoms with E-state index in [9.17, 15) is 0 Å². The fourth-order valence-corrected chi connectivity index (χ4v) is 3.82. The molecule has 0 aromatic heterocycles. The third-order valence-corrected chi connectivity index (χ3v) is 5.04. The van der Waals surface area contributed by atoms with Crippen LogP contribution in [0.4, 0.5) is 0 Å². The van der Waals surface area contributed by atoms with E-state index < -0.39 is 0 Å². The Morgan fingerprint density at radius 2 is 1.84 bits per heavy atom. The van der Waals surface area contributed by atoms with Gasteiger partial charge in [0.15, 0.2) is 0 Å². The zero-order valence-corrected chi connectivity index (χ0v) is 12.3. The van der Waals surface area contributed by atoms with E-state index in [0.717, 1.165) is 23.2 Å². The van der Waals surface area contributed by atoms with Gasteiger partial charge in [0, 0.05) is 28.2 Å². The molecule has 3 rings (SSSR count). The average Bonchev–Trinajstić information content (AvgIpc) is 2.51. The van der Waals surface area contributed by atoms with Gasteiger partial charge in [-0.05, 0) is 5.39 Å². The van der Waals surface area contributed by atoms with Gasteiger partial charge in [-0.3, -0.25) is 0 Å². The van der Waals surface area contributed by atoms with Crippen molar-refractivity contribution in [3.05, 3.63) is 48.0 Å². The van der Waals surface area contributed by atoms with E-state index in [4.69, 9.17) is 4.74 Å². The molecule has 0 bridgehead atoms. The maximum absolute atomic E-state index is 6.04. The molecule has 1 heterocycles. The average molecular weight is 288 g/mol. The fourth-order valence-electron chi connectivity index (χ4n) is 2.16. The molecule has 0 fully saturated rings. The molecule has 1 aliphatic heterocycles. The highest BCUT2D eigenvalue weighted by Gasteiger charge is 2.07. The predicted molar refractivity (Wildman–Crippen MR) is 88.3 cm³/mol. The molecule has 98 valence electrons. The van der Waals surface area contributed by atoms with Gasteiger partial charge in [-0.15, -0.1) is 11.8 Å². The van der Waals surface area contributed by atoms with Crippen LogP contribution >= 0.6 is 23.5 Å². The molecule has 0 saturated heterocycles. The third-order valence-electron chi connectivity index (χ3n) is 3.08. The Labute approximate surface area is 122 Å². The molecule has 2 aromatic rings. The molecule has 0 N–H and O–H groups in total. The van der Waals surface area contributed by atoms with E-state index in [1.165, 1.54) is 22.1 Å². The van der Waals surface area contributed by atoms with Crippen molar-refractivity contribution in [2.24, 2.45) is 0 Å². The van der Waals surface area contributed by atoms with Gasteiger partial charge in [-0.1, -0.05) is 48.6 Å². The van der Waals surface area contributed by atoms with Gasteiger partial charge >= 0.3 is 0 Å². The molecule has 0 atom stereocenters. The Hall–Kier alpha value is -1.06. The molecule has 1 nitrogen and oxygen atoms in total. The van der Waals surface area contributed by atoms with Crippen LogP contribution < -0.4 is 4.74 Å². The fraction of sp³-hybridized carbons (Fsp3) is 0.250. The van der Waals surface area contributed by atoms with Crippen LogP contribution in [0.5, 0.6) is 5.75 Å². The van der Waals surface area contributed by atoms with E-state index >= 15 is 0 Å². The molecule has 0 amide bonds. The number of fused-ring (bicyclic) bond motifs is 3. The Kier molecular flexibility index (Phi) is 4.36. The van der Waals surface area contributed by atoms with Crippen molar-refractivity contribution in [3.8, 4) is 5.75 Å². The van der Waals surface area contributed by atoms with Crippen molar-refractivity contribution in [1.29, 1.82) is 0 Å². The number of ether oxygens (including phenoxy) is 1. The Bertz CT molecular complexity index is 592. The summed E-state index contributed by atoms with van der Waals surface area (Å²) in [7, 11) is 0. The van der Waals surface area contributed by atoms with Crippen molar-refractivity contribution in [3.63, 3.8) is 0 Å². The van der Waals surface area contributed by atoms with E-state index in [2.05, 4.69) is 48.6 Å². The van der Waals surface area contributed by atoms with Crippen LogP contribution in [-0.4, -0.2) is 23.2 Å². The Morgan fingerprint density at radius 1 is 0.947 bits per heavy atom. The second-order valence-corrected chi connectivity index (χ2v) is 6.55. The quantitative estimate of drug-likeness (QED) is 0.697. The predicted octanol–water partition coefficient (Wildman–Crippen LogP) is 4.67. The topological polar surface area (TPSA) is 9.23 Å². The first-order valence-corrected chi connectivity index (χ1v) is 8.73. The molecule has 0 spiro atoms. The molecule has 0 saturated carbocycles. The van der Waals surface area contributed by atoms with Crippen LogP contribution in [0.25, 0.3) is 16.8 Å². The normalized spacial score (nSPS) is 18.1. The molecular weight excluding hydrogens is 272 g/mol. The summed E-state index contributed by atoms with van der Waals surface area (Å²) in [5.41, 5.74) is 1.18. The minimum atomic E-state index is 0.732. The molecule has 0 unspecified atom stereocenters. The van der Waals surface area contributed by atoms with E-state index in [1.807, 2.05) is 23.5 Å². The molecule has 19 heavy (non-hydrogen) atoms. The van der Waals surface area contributed by atoms with Gasteiger partial charge in [0.05, 0.1) is 0 Å². The van der Waals surface area contributed by atoms with Crippen molar-refractivity contribution in [1.82, 2.24) is 0 Å². The van der Waals surface area contributed by atoms with E-state index in [0.29, 0.717) is 0 Å². The summed E-state index contributed by atoms with van der Waals surface area (Å²) < 4.78 is 6.04. The number of rotatable bonds is 0. The van der Waals surface area contributed by atoms with Gasteiger partial charge in [0.1, 0.15) is 11.7 Å². The summed E-state index contributed by atoms with van der Waals surface area (Å²) in [6.45, 7) is 0. The van der Waals surface area contributed by atoms with Gasteiger partial charge in [-0.25, -0.2) is 0 Å². The Balaban J connectivity index is 2.05. The van der Waals surface area contributed by atoms with Crippen LogP contribution in [0.1, 0.15) is 5.56 Å². The van der Waals surface area contributed by atoms with Crippen LogP contribution in [0.15, 0.2) is 42.5 Å². The maximum Gasteiger partial charge on any atom is 0.135 e. The lowest BCUT2D eigenvalue weighted by molar-refractivity contribution is 0.397. The molecule has 1 aliphatic rings. The molecule has 0 aliphatic carbocycles. The third kappa shape index (κ3) is 3.10. The number of hydrogen-bond acceptors (Lipinski definition) is 3. The second kappa shape index (κ2) is 6.40. The summed E-state index contributed by atoms with van der Waals surface area (Å²) >= 11 is 3.84. The lowest BCUT2D eigenvalue weighted by atomic mass is 10.0. The first kappa shape index (κ1) is 12.9. The summed E-state index contributed by atoms with van der Waals surface area (Å²) in [6.07, 6.45) is 4.42. The summed E-state index contributed by atoms with van der Waals surface area (Å²) in [4.78, 5) is 0. The largest absolute Gasteiger partial charge is 0.482 e. The van der Waals surface area contributed by atoms with E-state index in [-0.39, 0.29) is 0 Å². The van der Waals surface area contributed by atoms with Crippen molar-refractivity contribution < 1.29 is 4.74 Å².